The number of halogens is 4. The first-order valence-electron chi connectivity index (χ1n) is 8.76. The van der Waals surface area contributed by atoms with Crippen molar-refractivity contribution in [2.24, 2.45) is 0 Å². The van der Waals surface area contributed by atoms with Crippen LogP contribution >= 0.6 is 23.2 Å². The van der Waals surface area contributed by atoms with E-state index in [0.29, 0.717) is 32.2 Å². The van der Waals surface area contributed by atoms with Gasteiger partial charge in [0.15, 0.2) is 11.6 Å². The first kappa shape index (κ1) is 19.2. The first-order valence-corrected chi connectivity index (χ1v) is 9.51. The molecule has 0 unspecified atom stereocenters. The second kappa shape index (κ2) is 7.35. The Hall–Kier alpha value is -2.15. The number of carbonyl (C=O) groups is 1. The van der Waals surface area contributed by atoms with Crippen LogP contribution < -0.4 is 5.32 Å². The number of H-pyrrole nitrogens is 1. The largest absolute Gasteiger partial charge is 0.465 e. The van der Waals surface area contributed by atoms with E-state index in [9.17, 15) is 13.6 Å². The summed E-state index contributed by atoms with van der Waals surface area (Å²) in [6.45, 7) is 1.97. The summed E-state index contributed by atoms with van der Waals surface area (Å²) in [7, 11) is 0. The molecule has 28 heavy (non-hydrogen) atoms. The molecule has 1 aromatic heterocycles. The van der Waals surface area contributed by atoms with E-state index < -0.39 is 29.7 Å². The lowest BCUT2D eigenvalue weighted by molar-refractivity contribution is -0.146. The second-order valence-electron chi connectivity index (χ2n) is 6.60. The molecule has 0 saturated heterocycles. The highest BCUT2D eigenvalue weighted by Crippen LogP contribution is 2.38. The normalized spacial score (nSPS) is 18.9. The number of benzene rings is 2. The summed E-state index contributed by atoms with van der Waals surface area (Å²) in [5.74, 6) is -2.30. The van der Waals surface area contributed by atoms with Crippen molar-refractivity contribution < 1.29 is 18.3 Å². The zero-order valence-corrected chi connectivity index (χ0v) is 16.3. The Morgan fingerprint density at radius 2 is 1.96 bits per heavy atom. The highest BCUT2D eigenvalue weighted by Gasteiger charge is 2.35. The zero-order valence-electron chi connectivity index (χ0n) is 14.8. The number of rotatable bonds is 3. The molecule has 146 valence electrons. The molecule has 2 N–H and O–H groups in total. The van der Waals surface area contributed by atoms with Crippen LogP contribution in [0, 0.1) is 11.6 Å². The Morgan fingerprint density at radius 1 is 1.21 bits per heavy atom. The predicted molar refractivity (Wildman–Crippen MR) is 104 cm³/mol. The minimum Gasteiger partial charge on any atom is -0.465 e. The quantitative estimate of drug-likeness (QED) is 0.586. The summed E-state index contributed by atoms with van der Waals surface area (Å²) in [5.41, 5.74) is 2.56. The van der Waals surface area contributed by atoms with Gasteiger partial charge in [-0.2, -0.15) is 0 Å². The smallest absolute Gasteiger partial charge is 0.323 e. The summed E-state index contributed by atoms with van der Waals surface area (Å²) >= 11 is 12.4. The number of nitrogens with one attached hydrogen (secondary N) is 2. The summed E-state index contributed by atoms with van der Waals surface area (Å²) in [4.78, 5) is 15.6. The van der Waals surface area contributed by atoms with Crippen LogP contribution in [0.1, 0.15) is 29.8 Å². The third-order valence-corrected chi connectivity index (χ3v) is 5.45. The number of aromatic amines is 1. The van der Waals surface area contributed by atoms with E-state index in [1.807, 2.05) is 0 Å². The van der Waals surface area contributed by atoms with Crippen molar-refractivity contribution in [3.8, 4) is 0 Å². The number of carbonyl (C=O) groups excluding carboxylic acids is 1. The Labute approximate surface area is 169 Å². The minimum atomic E-state index is -0.943. The molecule has 3 aromatic rings. The molecule has 0 fully saturated rings. The maximum atomic E-state index is 13.9. The van der Waals surface area contributed by atoms with Gasteiger partial charge in [0.25, 0.3) is 0 Å². The number of esters is 1. The molecular weight excluding hydrogens is 409 g/mol. The third-order valence-electron chi connectivity index (χ3n) is 4.89. The zero-order chi connectivity index (χ0) is 20.0. The van der Waals surface area contributed by atoms with Gasteiger partial charge >= 0.3 is 5.97 Å². The molecule has 0 saturated carbocycles. The number of aromatic nitrogens is 1. The van der Waals surface area contributed by atoms with Crippen molar-refractivity contribution in [1.82, 2.24) is 10.3 Å². The number of hydrogen-bond donors (Lipinski definition) is 2. The van der Waals surface area contributed by atoms with Crippen molar-refractivity contribution in [2.45, 2.75) is 25.4 Å². The molecule has 0 amide bonds. The summed E-state index contributed by atoms with van der Waals surface area (Å²) < 4.78 is 32.8. The van der Waals surface area contributed by atoms with Gasteiger partial charge in [0.1, 0.15) is 6.04 Å². The van der Waals surface area contributed by atoms with Crippen molar-refractivity contribution in [3.63, 3.8) is 0 Å². The van der Waals surface area contributed by atoms with Gasteiger partial charge in [0, 0.05) is 39.1 Å². The lowest BCUT2D eigenvalue weighted by Crippen LogP contribution is -2.45. The molecule has 8 heteroatoms. The molecule has 2 aromatic carbocycles. The molecular formula is C20H16Cl2F2N2O2. The topological polar surface area (TPSA) is 54.1 Å². The highest BCUT2D eigenvalue weighted by molar-refractivity contribution is 6.35. The number of hydrogen-bond acceptors (Lipinski definition) is 3. The highest BCUT2D eigenvalue weighted by atomic mass is 35.5. The lowest BCUT2D eigenvalue weighted by atomic mass is 9.90. The van der Waals surface area contributed by atoms with Crippen molar-refractivity contribution in [3.05, 3.63) is 68.8 Å². The van der Waals surface area contributed by atoms with E-state index in [4.69, 9.17) is 27.9 Å². The number of ether oxygens (including phenoxy) is 1. The molecule has 2 heterocycles. The Bertz CT molecular complexity index is 1080. The van der Waals surface area contributed by atoms with Crippen LogP contribution in [0.15, 0.2) is 30.3 Å². The SMILES string of the molecule is CCOC(=O)[C@@H]1Cc2c([nH]c3cc(F)c(F)cc23)[C@@H](c2ccc(Cl)cc2Cl)N1. The van der Waals surface area contributed by atoms with Gasteiger partial charge in [-0.05, 0) is 36.2 Å². The monoisotopic (exact) mass is 424 g/mol. The second-order valence-corrected chi connectivity index (χ2v) is 7.45. The summed E-state index contributed by atoms with van der Waals surface area (Å²) in [6.07, 6.45) is 0.279. The van der Waals surface area contributed by atoms with E-state index in [-0.39, 0.29) is 13.0 Å². The van der Waals surface area contributed by atoms with Crippen LogP contribution in [-0.2, 0) is 16.0 Å². The van der Waals surface area contributed by atoms with E-state index in [1.54, 1.807) is 25.1 Å². The summed E-state index contributed by atoms with van der Waals surface area (Å²) in [6, 6.07) is 6.16. The van der Waals surface area contributed by atoms with Crippen LogP contribution in [-0.4, -0.2) is 23.6 Å². The molecule has 1 aliphatic heterocycles. The number of fused-ring (bicyclic) bond motifs is 3. The van der Waals surface area contributed by atoms with Gasteiger partial charge < -0.3 is 9.72 Å². The maximum Gasteiger partial charge on any atom is 0.323 e. The first-order chi connectivity index (χ1) is 13.4. The van der Waals surface area contributed by atoms with Gasteiger partial charge in [-0.25, -0.2) is 8.78 Å². The molecule has 2 atom stereocenters. The van der Waals surface area contributed by atoms with Gasteiger partial charge in [-0.15, -0.1) is 0 Å². The van der Waals surface area contributed by atoms with Gasteiger partial charge in [-0.3, -0.25) is 10.1 Å². The van der Waals surface area contributed by atoms with Gasteiger partial charge in [-0.1, -0.05) is 29.3 Å². The van der Waals surface area contributed by atoms with Crippen LogP contribution in [0.4, 0.5) is 8.78 Å². The fourth-order valence-corrected chi connectivity index (χ4v) is 4.17. The molecule has 0 radical (unpaired) electrons. The lowest BCUT2D eigenvalue weighted by Gasteiger charge is -2.31. The Kier molecular flexibility index (Phi) is 5.04. The predicted octanol–water partition coefficient (Wildman–Crippen LogP) is 4.92. The van der Waals surface area contributed by atoms with Gasteiger partial charge in [0.2, 0.25) is 0 Å². The van der Waals surface area contributed by atoms with E-state index in [0.717, 1.165) is 17.7 Å². The molecule has 0 spiro atoms. The standard InChI is InChI=1S/C20H16Cl2F2N2O2/c1-2-28-20(27)17-7-12-11-6-14(23)15(24)8-16(11)25-19(12)18(26-17)10-4-3-9(21)5-13(10)22/h3-6,8,17-18,25-26H,2,7H2,1H3/t17-,18+/m0/s1. The fourth-order valence-electron chi connectivity index (χ4n) is 3.65. The molecule has 0 bridgehead atoms. The van der Waals surface area contributed by atoms with Crippen molar-refractivity contribution >= 4 is 40.1 Å². The van der Waals surface area contributed by atoms with E-state index >= 15 is 0 Å². The minimum absolute atomic E-state index is 0.240. The van der Waals surface area contributed by atoms with Crippen LogP contribution in [0.3, 0.4) is 0 Å². The van der Waals surface area contributed by atoms with Crippen molar-refractivity contribution in [1.29, 1.82) is 0 Å². The van der Waals surface area contributed by atoms with Crippen molar-refractivity contribution in [2.75, 3.05) is 6.61 Å². The maximum absolute atomic E-state index is 13.9. The average molecular weight is 425 g/mol. The van der Waals surface area contributed by atoms with Gasteiger partial charge in [0.05, 0.1) is 12.6 Å². The Morgan fingerprint density at radius 3 is 2.68 bits per heavy atom. The molecule has 0 aliphatic carbocycles. The van der Waals surface area contributed by atoms with E-state index in [1.165, 1.54) is 0 Å². The van der Waals surface area contributed by atoms with Crippen LogP contribution in [0.5, 0.6) is 0 Å². The van der Waals surface area contributed by atoms with E-state index in [2.05, 4.69) is 10.3 Å². The van der Waals surface area contributed by atoms with Crippen LogP contribution in [0.25, 0.3) is 10.9 Å². The molecule has 4 rings (SSSR count). The third kappa shape index (κ3) is 3.26. The summed E-state index contributed by atoms with van der Waals surface area (Å²) in [5, 5.41) is 4.66. The van der Waals surface area contributed by atoms with Crippen LogP contribution in [0.2, 0.25) is 10.0 Å². The fraction of sp³-hybridized carbons (Fsp3) is 0.250. The molecule has 4 nitrogen and oxygen atoms in total. The Balaban J connectivity index is 1.89. The average Bonchev–Trinajstić information content (AvgIpc) is 2.99. The molecule has 1 aliphatic rings.